The molecule has 0 radical (unpaired) electrons. The number of nitrogens with one attached hydrogen (secondary N) is 1. The Balaban J connectivity index is 1.39. The first-order valence-electron chi connectivity index (χ1n) is 10.6. The molecule has 4 fully saturated rings. The van der Waals surface area contributed by atoms with Gasteiger partial charge in [0.05, 0.1) is 5.60 Å². The summed E-state index contributed by atoms with van der Waals surface area (Å²) in [7, 11) is 1.85. The maximum atomic E-state index is 12.6. The van der Waals surface area contributed by atoms with Gasteiger partial charge in [0.1, 0.15) is 5.41 Å². The van der Waals surface area contributed by atoms with Gasteiger partial charge in [-0.15, -0.1) is 0 Å². The lowest BCUT2D eigenvalue weighted by Crippen LogP contribution is -2.49. The summed E-state index contributed by atoms with van der Waals surface area (Å²) < 4.78 is 5.81. The Kier molecular flexibility index (Phi) is 4.98. The Morgan fingerprint density at radius 2 is 1.54 bits per heavy atom. The number of carboxylic acid groups (broad SMARTS) is 1. The molecule has 1 aromatic rings. The van der Waals surface area contributed by atoms with Crippen molar-refractivity contribution in [3.63, 3.8) is 0 Å². The fourth-order valence-electron chi connectivity index (χ4n) is 5.73. The minimum absolute atomic E-state index is 0.117. The topological polar surface area (TPSA) is 75.6 Å². The largest absolute Gasteiger partial charge is 0.480 e. The van der Waals surface area contributed by atoms with Gasteiger partial charge in [-0.2, -0.15) is 0 Å². The third-order valence-electron chi connectivity index (χ3n) is 7.93. The first-order chi connectivity index (χ1) is 13.4. The van der Waals surface area contributed by atoms with Gasteiger partial charge < -0.3 is 15.2 Å². The van der Waals surface area contributed by atoms with Crippen LogP contribution in [0.4, 0.5) is 0 Å². The number of ether oxygens (including phenoxy) is 1. The Morgan fingerprint density at radius 1 is 0.964 bits per heavy atom. The van der Waals surface area contributed by atoms with E-state index in [4.69, 9.17) is 4.74 Å². The van der Waals surface area contributed by atoms with Crippen LogP contribution < -0.4 is 5.32 Å². The van der Waals surface area contributed by atoms with Gasteiger partial charge in [-0.3, -0.25) is 9.59 Å². The summed E-state index contributed by atoms with van der Waals surface area (Å²) in [4.78, 5) is 24.2. The second-order valence-corrected chi connectivity index (χ2v) is 9.14. The molecule has 0 heterocycles. The molecule has 0 atom stereocenters. The van der Waals surface area contributed by atoms with Gasteiger partial charge in [-0.05, 0) is 67.9 Å². The first-order valence-corrected chi connectivity index (χ1v) is 10.6. The number of amides is 1. The molecule has 4 aliphatic rings. The highest BCUT2D eigenvalue weighted by Gasteiger charge is 2.50. The molecule has 4 saturated carbocycles. The molecular weight excluding hydrogens is 354 g/mol. The van der Waals surface area contributed by atoms with Crippen LogP contribution in [0.1, 0.15) is 75.3 Å². The van der Waals surface area contributed by atoms with E-state index in [2.05, 4.69) is 29.6 Å². The second-order valence-electron chi connectivity index (χ2n) is 9.14. The molecule has 0 unspecified atom stereocenters. The van der Waals surface area contributed by atoms with Crippen LogP contribution in [0.3, 0.4) is 0 Å². The molecule has 28 heavy (non-hydrogen) atoms. The van der Waals surface area contributed by atoms with Crippen LogP contribution in [0, 0.1) is 5.41 Å². The highest BCUT2D eigenvalue weighted by atomic mass is 16.5. The Hall–Kier alpha value is -1.88. The minimum Gasteiger partial charge on any atom is -0.480 e. The molecule has 1 amide bonds. The average molecular weight is 386 g/mol. The summed E-state index contributed by atoms with van der Waals surface area (Å²) in [5, 5.41) is 12.4. The van der Waals surface area contributed by atoms with Crippen molar-refractivity contribution < 1.29 is 19.4 Å². The van der Waals surface area contributed by atoms with Crippen LogP contribution in [-0.4, -0.2) is 29.7 Å². The van der Waals surface area contributed by atoms with E-state index >= 15 is 0 Å². The summed E-state index contributed by atoms with van der Waals surface area (Å²) >= 11 is 0. The van der Waals surface area contributed by atoms with Gasteiger partial charge in [-0.25, -0.2) is 0 Å². The fraction of sp³-hybridized carbons (Fsp3) is 0.652. The van der Waals surface area contributed by atoms with Gasteiger partial charge in [0.2, 0.25) is 5.91 Å². The number of aliphatic carboxylic acids is 1. The molecule has 5 heteroatoms. The van der Waals surface area contributed by atoms with Crippen LogP contribution in [0.5, 0.6) is 0 Å². The number of carbonyl (C=O) groups excluding carboxylic acids is 1. The van der Waals surface area contributed by atoms with Crippen molar-refractivity contribution in [3.8, 4) is 0 Å². The predicted molar refractivity (Wildman–Crippen MR) is 106 cm³/mol. The van der Waals surface area contributed by atoms with Crippen LogP contribution in [0.25, 0.3) is 0 Å². The lowest BCUT2D eigenvalue weighted by atomic mass is 9.56. The maximum absolute atomic E-state index is 12.6. The minimum atomic E-state index is -1.23. The van der Waals surface area contributed by atoms with Gasteiger partial charge >= 0.3 is 5.97 Å². The standard InChI is InChI=1S/C23H31NO4/c1-28-22-13-10-21(11-14-22,12-15-22)18-6-4-17(5-7-18)16-24-19(25)23(20(26)27)8-2-3-9-23/h4-7H,2-3,8-16H2,1H3,(H,24,25)(H,26,27). The van der Waals surface area contributed by atoms with Gasteiger partial charge in [0.15, 0.2) is 0 Å². The number of benzene rings is 1. The highest BCUT2D eigenvalue weighted by Crippen LogP contribution is 2.54. The second kappa shape index (κ2) is 7.18. The van der Waals surface area contributed by atoms with Crippen molar-refractivity contribution in [2.45, 2.75) is 81.8 Å². The molecule has 0 aliphatic heterocycles. The van der Waals surface area contributed by atoms with E-state index < -0.39 is 11.4 Å². The SMILES string of the molecule is COC12CCC(c3ccc(CNC(=O)C4(C(=O)O)CCCC4)cc3)(CC1)CC2. The summed E-state index contributed by atoms with van der Waals surface area (Å²) in [6.45, 7) is 0.383. The highest BCUT2D eigenvalue weighted by molar-refractivity contribution is 6.02. The van der Waals surface area contributed by atoms with Gasteiger partial charge in [-0.1, -0.05) is 37.1 Å². The number of hydrogen-bond donors (Lipinski definition) is 2. The van der Waals surface area contributed by atoms with Crippen LogP contribution >= 0.6 is 0 Å². The van der Waals surface area contributed by atoms with E-state index in [1.165, 1.54) is 24.8 Å². The maximum Gasteiger partial charge on any atom is 0.319 e. The predicted octanol–water partition coefficient (Wildman–Crippen LogP) is 3.94. The van der Waals surface area contributed by atoms with Crippen molar-refractivity contribution in [1.29, 1.82) is 0 Å². The molecule has 5 rings (SSSR count). The molecular formula is C23H31NO4. The summed E-state index contributed by atoms with van der Waals surface area (Å²) in [5.74, 6) is -1.32. The third kappa shape index (κ3) is 3.14. The zero-order valence-corrected chi connectivity index (χ0v) is 16.8. The number of carbonyl (C=O) groups is 2. The summed E-state index contributed by atoms with van der Waals surface area (Å²) in [5.41, 5.74) is 1.58. The molecule has 0 spiro atoms. The zero-order chi connectivity index (χ0) is 19.8. The van der Waals surface area contributed by atoms with Crippen molar-refractivity contribution in [2.24, 2.45) is 5.41 Å². The Labute approximate surface area is 166 Å². The van der Waals surface area contributed by atoms with Crippen molar-refractivity contribution in [3.05, 3.63) is 35.4 Å². The molecule has 5 nitrogen and oxygen atoms in total. The van der Waals surface area contributed by atoms with E-state index in [0.717, 1.165) is 37.7 Å². The molecule has 2 N–H and O–H groups in total. The Morgan fingerprint density at radius 3 is 2.04 bits per heavy atom. The lowest BCUT2D eigenvalue weighted by molar-refractivity contribution is -0.155. The fourth-order valence-corrected chi connectivity index (χ4v) is 5.73. The van der Waals surface area contributed by atoms with Crippen molar-refractivity contribution >= 4 is 11.9 Å². The van der Waals surface area contributed by atoms with E-state index in [0.29, 0.717) is 19.4 Å². The summed E-state index contributed by atoms with van der Waals surface area (Å²) in [6, 6.07) is 8.57. The van der Waals surface area contributed by atoms with Crippen molar-refractivity contribution in [1.82, 2.24) is 5.32 Å². The molecule has 1 aromatic carbocycles. The van der Waals surface area contributed by atoms with Gasteiger partial charge in [0.25, 0.3) is 0 Å². The molecule has 2 bridgehead atoms. The summed E-state index contributed by atoms with van der Waals surface area (Å²) in [6.07, 6.45) is 9.45. The van der Waals surface area contributed by atoms with Gasteiger partial charge in [0, 0.05) is 13.7 Å². The monoisotopic (exact) mass is 385 g/mol. The van der Waals surface area contributed by atoms with E-state index in [1.807, 2.05) is 7.11 Å². The number of methoxy groups -OCH3 is 1. The molecule has 0 aromatic heterocycles. The van der Waals surface area contributed by atoms with Crippen LogP contribution in [-0.2, 0) is 26.3 Å². The van der Waals surface area contributed by atoms with Crippen LogP contribution in [0.2, 0.25) is 0 Å². The zero-order valence-electron chi connectivity index (χ0n) is 16.8. The lowest BCUT2D eigenvalue weighted by Gasteiger charge is -2.53. The van der Waals surface area contributed by atoms with E-state index in [9.17, 15) is 14.7 Å². The molecule has 4 aliphatic carbocycles. The quantitative estimate of drug-likeness (QED) is 0.728. The number of rotatable bonds is 6. The van der Waals surface area contributed by atoms with E-state index in [-0.39, 0.29) is 16.9 Å². The Bertz CT molecular complexity index is 724. The average Bonchev–Trinajstić information content (AvgIpc) is 3.25. The smallest absolute Gasteiger partial charge is 0.319 e. The molecule has 152 valence electrons. The number of fused-ring (bicyclic) bond motifs is 3. The first kappa shape index (κ1) is 19.4. The number of hydrogen-bond acceptors (Lipinski definition) is 3. The normalized spacial score (nSPS) is 30.9. The van der Waals surface area contributed by atoms with Crippen molar-refractivity contribution in [2.75, 3.05) is 7.11 Å². The van der Waals surface area contributed by atoms with Crippen LogP contribution in [0.15, 0.2) is 24.3 Å². The molecule has 0 saturated heterocycles. The third-order valence-corrected chi connectivity index (χ3v) is 7.93. The van der Waals surface area contributed by atoms with E-state index in [1.54, 1.807) is 0 Å². The number of carboxylic acids is 1.